The molecule has 1 atom stereocenters. The molecule has 17 heavy (non-hydrogen) atoms. The minimum atomic E-state index is 0.251. The van der Waals surface area contributed by atoms with Gasteiger partial charge in [-0.05, 0) is 46.8 Å². The Morgan fingerprint density at radius 3 is 2.65 bits per heavy atom. The molecule has 0 bridgehead atoms. The molecule has 1 heterocycles. The summed E-state index contributed by atoms with van der Waals surface area (Å²) in [7, 11) is 0. The zero-order valence-corrected chi connectivity index (χ0v) is 12.0. The zero-order chi connectivity index (χ0) is 12.1. The van der Waals surface area contributed by atoms with Crippen LogP contribution in [0.2, 0.25) is 0 Å². The van der Waals surface area contributed by atoms with Crippen molar-refractivity contribution in [1.29, 1.82) is 0 Å². The predicted molar refractivity (Wildman–Crippen MR) is 78.5 cm³/mol. The molecule has 0 radical (unpaired) electrons. The van der Waals surface area contributed by atoms with Gasteiger partial charge in [0.05, 0.1) is 0 Å². The van der Waals surface area contributed by atoms with Crippen LogP contribution < -0.4 is 5.73 Å². The highest BCUT2D eigenvalue weighted by Crippen LogP contribution is 2.21. The number of hydrogen-bond acceptors (Lipinski definition) is 2. The molecule has 90 valence electrons. The van der Waals surface area contributed by atoms with E-state index in [1.807, 2.05) is 6.07 Å². The van der Waals surface area contributed by atoms with Gasteiger partial charge in [-0.25, -0.2) is 0 Å². The van der Waals surface area contributed by atoms with Gasteiger partial charge in [-0.15, -0.1) is 11.3 Å². The number of aryl methyl sites for hydroxylation is 1. The third-order valence-electron chi connectivity index (χ3n) is 2.73. The zero-order valence-electron chi connectivity index (χ0n) is 9.60. The smallest absolute Gasteiger partial charge is 0.0285 e. The van der Waals surface area contributed by atoms with Crippen LogP contribution in [0.25, 0.3) is 0 Å². The third-order valence-corrected chi connectivity index (χ3v) is 4.45. The van der Waals surface area contributed by atoms with E-state index in [0.29, 0.717) is 0 Å². The van der Waals surface area contributed by atoms with E-state index in [0.717, 1.165) is 23.7 Å². The molecule has 0 fully saturated rings. The Hall–Kier alpha value is -0.640. The van der Waals surface area contributed by atoms with Crippen LogP contribution in [0.1, 0.15) is 16.9 Å². The van der Waals surface area contributed by atoms with Crippen molar-refractivity contribution < 1.29 is 0 Å². The molecule has 0 aliphatic carbocycles. The summed E-state index contributed by atoms with van der Waals surface area (Å²) in [5.74, 6) is 0. The maximum absolute atomic E-state index is 6.15. The van der Waals surface area contributed by atoms with Gasteiger partial charge in [0.1, 0.15) is 0 Å². The van der Waals surface area contributed by atoms with Crippen LogP contribution >= 0.6 is 27.3 Å². The van der Waals surface area contributed by atoms with Crippen molar-refractivity contribution in [2.45, 2.75) is 25.3 Å². The van der Waals surface area contributed by atoms with Crippen LogP contribution in [0.15, 0.2) is 46.3 Å². The number of halogens is 1. The van der Waals surface area contributed by atoms with Gasteiger partial charge in [0.2, 0.25) is 0 Å². The van der Waals surface area contributed by atoms with E-state index < -0.39 is 0 Å². The van der Waals surface area contributed by atoms with Gasteiger partial charge in [0.15, 0.2) is 0 Å². The topological polar surface area (TPSA) is 26.0 Å². The quantitative estimate of drug-likeness (QED) is 0.887. The fourth-order valence-corrected chi connectivity index (χ4v) is 3.36. The maximum atomic E-state index is 6.15. The second-order valence-electron chi connectivity index (χ2n) is 4.22. The van der Waals surface area contributed by atoms with Crippen LogP contribution in [0.4, 0.5) is 0 Å². The summed E-state index contributed by atoms with van der Waals surface area (Å²) in [5.41, 5.74) is 7.52. The lowest BCUT2D eigenvalue weighted by Gasteiger charge is -2.10. The molecule has 1 aromatic heterocycles. The lowest BCUT2D eigenvalue weighted by Crippen LogP contribution is -2.23. The van der Waals surface area contributed by atoms with Gasteiger partial charge < -0.3 is 5.73 Å². The Morgan fingerprint density at radius 1 is 1.24 bits per heavy atom. The Kier molecular flexibility index (Phi) is 4.77. The number of rotatable bonds is 5. The van der Waals surface area contributed by atoms with Crippen molar-refractivity contribution >= 4 is 27.3 Å². The Morgan fingerprint density at radius 2 is 2.00 bits per heavy atom. The van der Waals surface area contributed by atoms with Crippen LogP contribution in [0.5, 0.6) is 0 Å². The molecular weight excluding hydrogens is 294 g/mol. The minimum absolute atomic E-state index is 0.251. The SMILES string of the molecule is NC(CCc1ccccc1)Cc1cc(Br)cs1. The fraction of sp³-hybridized carbons (Fsp3) is 0.286. The molecule has 1 aromatic carbocycles. The lowest BCUT2D eigenvalue weighted by molar-refractivity contribution is 0.615. The molecule has 0 spiro atoms. The largest absolute Gasteiger partial charge is 0.327 e. The van der Waals surface area contributed by atoms with E-state index >= 15 is 0 Å². The highest BCUT2D eigenvalue weighted by Gasteiger charge is 2.06. The highest BCUT2D eigenvalue weighted by atomic mass is 79.9. The van der Waals surface area contributed by atoms with Crippen LogP contribution in [-0.2, 0) is 12.8 Å². The summed E-state index contributed by atoms with van der Waals surface area (Å²) < 4.78 is 1.16. The third kappa shape index (κ3) is 4.26. The van der Waals surface area contributed by atoms with Gasteiger partial charge in [-0.3, -0.25) is 0 Å². The molecule has 1 nitrogen and oxygen atoms in total. The second kappa shape index (κ2) is 6.34. The van der Waals surface area contributed by atoms with E-state index in [4.69, 9.17) is 5.73 Å². The molecule has 3 heteroatoms. The predicted octanol–water partition coefficient (Wildman–Crippen LogP) is 4.01. The molecule has 0 saturated heterocycles. The first-order chi connectivity index (χ1) is 8.24. The molecular formula is C14H16BrNS. The van der Waals surface area contributed by atoms with E-state index in [-0.39, 0.29) is 6.04 Å². The molecule has 2 N–H and O–H groups in total. The first-order valence-corrected chi connectivity index (χ1v) is 7.44. The van der Waals surface area contributed by atoms with Crippen LogP contribution in [0, 0.1) is 0 Å². The van der Waals surface area contributed by atoms with E-state index in [9.17, 15) is 0 Å². The number of hydrogen-bond donors (Lipinski definition) is 1. The summed E-state index contributed by atoms with van der Waals surface area (Å²) in [6, 6.07) is 12.9. The van der Waals surface area contributed by atoms with E-state index in [2.05, 4.69) is 51.6 Å². The van der Waals surface area contributed by atoms with Crippen molar-refractivity contribution in [3.05, 3.63) is 56.7 Å². The molecule has 2 rings (SSSR count). The normalized spacial score (nSPS) is 12.6. The summed E-state index contributed by atoms with van der Waals surface area (Å²) in [6.45, 7) is 0. The highest BCUT2D eigenvalue weighted by molar-refractivity contribution is 9.10. The van der Waals surface area contributed by atoms with Crippen molar-refractivity contribution in [2.75, 3.05) is 0 Å². The standard InChI is InChI=1S/C14H16BrNS/c15-12-8-14(17-10-12)9-13(16)7-6-11-4-2-1-3-5-11/h1-5,8,10,13H,6-7,9,16H2. The molecule has 1 unspecified atom stereocenters. The van der Waals surface area contributed by atoms with Crippen molar-refractivity contribution in [2.24, 2.45) is 5.73 Å². The number of nitrogens with two attached hydrogens (primary N) is 1. The van der Waals surface area contributed by atoms with Gasteiger partial charge in [0, 0.05) is 20.8 Å². The molecule has 0 aliphatic heterocycles. The fourth-order valence-electron chi connectivity index (χ4n) is 1.82. The molecule has 2 aromatic rings. The summed E-state index contributed by atoms with van der Waals surface area (Å²) in [4.78, 5) is 1.36. The minimum Gasteiger partial charge on any atom is -0.327 e. The molecule has 0 saturated carbocycles. The van der Waals surface area contributed by atoms with Gasteiger partial charge in [0.25, 0.3) is 0 Å². The average molecular weight is 310 g/mol. The van der Waals surface area contributed by atoms with Gasteiger partial charge >= 0.3 is 0 Å². The lowest BCUT2D eigenvalue weighted by atomic mass is 10.0. The Balaban J connectivity index is 1.80. The monoisotopic (exact) mass is 309 g/mol. The Bertz CT molecular complexity index is 452. The van der Waals surface area contributed by atoms with Gasteiger partial charge in [-0.2, -0.15) is 0 Å². The Labute approximate surface area is 115 Å². The van der Waals surface area contributed by atoms with Gasteiger partial charge in [-0.1, -0.05) is 30.3 Å². The summed E-state index contributed by atoms with van der Waals surface area (Å²) in [6.07, 6.45) is 3.08. The van der Waals surface area contributed by atoms with E-state index in [1.165, 1.54) is 10.4 Å². The first-order valence-electron chi connectivity index (χ1n) is 5.76. The maximum Gasteiger partial charge on any atom is 0.0285 e. The molecule has 0 aliphatic rings. The first kappa shape index (κ1) is 12.8. The molecule has 0 amide bonds. The number of benzene rings is 1. The summed E-state index contributed by atoms with van der Waals surface area (Å²) in [5, 5.41) is 2.11. The number of thiophene rings is 1. The van der Waals surface area contributed by atoms with Crippen LogP contribution in [0.3, 0.4) is 0 Å². The van der Waals surface area contributed by atoms with Crippen molar-refractivity contribution in [3.63, 3.8) is 0 Å². The summed E-state index contributed by atoms with van der Waals surface area (Å²) >= 11 is 5.24. The second-order valence-corrected chi connectivity index (χ2v) is 6.13. The van der Waals surface area contributed by atoms with Crippen molar-refractivity contribution in [3.8, 4) is 0 Å². The van der Waals surface area contributed by atoms with E-state index in [1.54, 1.807) is 11.3 Å². The van der Waals surface area contributed by atoms with Crippen molar-refractivity contribution in [1.82, 2.24) is 0 Å². The average Bonchev–Trinajstić information content (AvgIpc) is 2.73. The van der Waals surface area contributed by atoms with Crippen LogP contribution in [-0.4, -0.2) is 6.04 Å².